The monoisotopic (exact) mass is 296 g/mol. The molecule has 2 aromatic rings. The van der Waals surface area contributed by atoms with Crippen LogP contribution < -0.4 is 5.32 Å². The lowest BCUT2D eigenvalue weighted by molar-refractivity contribution is -0.116. The molecule has 1 aromatic heterocycles. The van der Waals surface area contributed by atoms with Crippen LogP contribution in [-0.2, 0) is 11.2 Å². The van der Waals surface area contributed by atoms with E-state index in [9.17, 15) is 4.79 Å². The Kier molecular flexibility index (Phi) is 4.32. The number of benzene rings is 1. The van der Waals surface area contributed by atoms with Gasteiger partial charge in [-0.05, 0) is 37.5 Å². The molecule has 0 aliphatic heterocycles. The van der Waals surface area contributed by atoms with Gasteiger partial charge in [0.15, 0.2) is 0 Å². The third-order valence-electron chi connectivity index (χ3n) is 3.77. The second-order valence-corrected chi connectivity index (χ2v) is 5.52. The van der Waals surface area contributed by atoms with Crippen molar-refractivity contribution < 1.29 is 4.79 Å². The van der Waals surface area contributed by atoms with E-state index in [4.69, 9.17) is 0 Å². The lowest BCUT2D eigenvalue weighted by Crippen LogP contribution is -2.22. The number of carbonyl (C=O) groups excluding carboxylic acids is 1. The third-order valence-corrected chi connectivity index (χ3v) is 3.77. The van der Waals surface area contributed by atoms with Crippen molar-refractivity contribution in [2.75, 3.05) is 6.54 Å². The van der Waals surface area contributed by atoms with E-state index in [2.05, 4.69) is 38.8 Å². The summed E-state index contributed by atoms with van der Waals surface area (Å²) in [4.78, 5) is 11.2. The van der Waals surface area contributed by atoms with Crippen molar-refractivity contribution in [3.8, 4) is 5.69 Å². The van der Waals surface area contributed by atoms with Gasteiger partial charge in [-0.25, -0.2) is 0 Å². The fourth-order valence-corrected chi connectivity index (χ4v) is 2.49. The summed E-state index contributed by atoms with van der Waals surface area (Å²) in [5, 5.41) is 11.6. The summed E-state index contributed by atoms with van der Waals surface area (Å²) in [6.07, 6.45) is 5.29. The van der Waals surface area contributed by atoms with E-state index in [0.717, 1.165) is 30.2 Å². The molecule has 22 heavy (non-hydrogen) atoms. The van der Waals surface area contributed by atoms with Crippen LogP contribution in [0.5, 0.6) is 0 Å². The van der Waals surface area contributed by atoms with Gasteiger partial charge in [0.2, 0.25) is 5.91 Å². The number of para-hydroxylation sites is 1. The Balaban J connectivity index is 1.74. The summed E-state index contributed by atoms with van der Waals surface area (Å²) >= 11 is 0. The number of carbonyl (C=O) groups is 1. The molecule has 0 bridgehead atoms. The van der Waals surface area contributed by atoms with Gasteiger partial charge in [-0.2, -0.15) is 0 Å². The summed E-state index contributed by atoms with van der Waals surface area (Å²) in [5.41, 5.74) is 1.11. The largest absolute Gasteiger partial charge is 0.353 e. The standard InChI is InChI=1S/C17H20N4O/c1-2-16(22)18-12-6-9-15-19-20-17(13-10-11-13)21(15)14-7-4-3-5-8-14/h2-5,7-8,13H,1,6,9-12H2,(H,18,22). The summed E-state index contributed by atoms with van der Waals surface area (Å²) in [7, 11) is 0. The van der Waals surface area contributed by atoms with E-state index in [1.807, 2.05) is 18.2 Å². The summed E-state index contributed by atoms with van der Waals surface area (Å²) in [6, 6.07) is 10.2. The first-order valence-electron chi connectivity index (χ1n) is 7.69. The number of nitrogens with one attached hydrogen (secondary N) is 1. The van der Waals surface area contributed by atoms with Crippen LogP contribution in [0.1, 0.15) is 36.8 Å². The molecule has 1 heterocycles. The van der Waals surface area contributed by atoms with Crippen LogP contribution in [0.25, 0.3) is 5.69 Å². The lowest BCUT2D eigenvalue weighted by atomic mass is 10.2. The predicted molar refractivity (Wildman–Crippen MR) is 84.9 cm³/mol. The van der Waals surface area contributed by atoms with Gasteiger partial charge < -0.3 is 5.32 Å². The number of hydrogen-bond donors (Lipinski definition) is 1. The molecule has 5 heteroatoms. The van der Waals surface area contributed by atoms with Crippen LogP contribution in [0.15, 0.2) is 43.0 Å². The van der Waals surface area contributed by atoms with E-state index in [-0.39, 0.29) is 5.91 Å². The minimum absolute atomic E-state index is 0.136. The van der Waals surface area contributed by atoms with Gasteiger partial charge in [-0.3, -0.25) is 9.36 Å². The maximum atomic E-state index is 11.2. The fourth-order valence-electron chi connectivity index (χ4n) is 2.49. The second-order valence-electron chi connectivity index (χ2n) is 5.52. The molecular formula is C17H20N4O. The molecule has 3 rings (SSSR count). The van der Waals surface area contributed by atoms with Gasteiger partial charge in [-0.1, -0.05) is 24.8 Å². The molecule has 0 saturated heterocycles. The highest BCUT2D eigenvalue weighted by atomic mass is 16.1. The van der Waals surface area contributed by atoms with E-state index in [1.54, 1.807) is 0 Å². The zero-order chi connectivity index (χ0) is 15.4. The van der Waals surface area contributed by atoms with Crippen LogP contribution in [-0.4, -0.2) is 27.2 Å². The molecule has 1 N–H and O–H groups in total. The third kappa shape index (κ3) is 3.24. The summed E-state index contributed by atoms with van der Waals surface area (Å²) in [6.45, 7) is 4.06. The number of aryl methyl sites for hydroxylation is 1. The van der Waals surface area contributed by atoms with Crippen LogP contribution >= 0.6 is 0 Å². The maximum Gasteiger partial charge on any atom is 0.243 e. The van der Waals surface area contributed by atoms with Gasteiger partial charge in [-0.15, -0.1) is 10.2 Å². The molecule has 0 spiro atoms. The predicted octanol–water partition coefficient (Wildman–Crippen LogP) is 2.38. The summed E-state index contributed by atoms with van der Waals surface area (Å²) < 4.78 is 2.17. The maximum absolute atomic E-state index is 11.2. The molecule has 0 unspecified atom stereocenters. The van der Waals surface area contributed by atoms with Crippen LogP contribution in [0.3, 0.4) is 0 Å². The SMILES string of the molecule is C=CC(=O)NCCCc1nnc(C2CC2)n1-c1ccccc1. The van der Waals surface area contributed by atoms with Crippen molar-refractivity contribution in [1.82, 2.24) is 20.1 Å². The number of hydrogen-bond acceptors (Lipinski definition) is 3. The topological polar surface area (TPSA) is 59.8 Å². The molecule has 1 aliphatic carbocycles. The van der Waals surface area contributed by atoms with Crippen molar-refractivity contribution in [3.05, 3.63) is 54.6 Å². The first-order valence-corrected chi connectivity index (χ1v) is 7.69. The molecule has 1 amide bonds. The second kappa shape index (κ2) is 6.56. The molecular weight excluding hydrogens is 276 g/mol. The highest BCUT2D eigenvalue weighted by Crippen LogP contribution is 2.40. The Bertz CT molecular complexity index is 659. The molecule has 1 aliphatic rings. The van der Waals surface area contributed by atoms with E-state index in [0.29, 0.717) is 12.5 Å². The van der Waals surface area contributed by atoms with Gasteiger partial charge in [0, 0.05) is 24.6 Å². The van der Waals surface area contributed by atoms with E-state index in [1.165, 1.54) is 18.9 Å². The molecule has 0 radical (unpaired) electrons. The van der Waals surface area contributed by atoms with Crippen molar-refractivity contribution in [2.24, 2.45) is 0 Å². The zero-order valence-corrected chi connectivity index (χ0v) is 12.5. The van der Waals surface area contributed by atoms with E-state index >= 15 is 0 Å². The normalized spacial score (nSPS) is 13.8. The molecule has 5 nitrogen and oxygen atoms in total. The van der Waals surface area contributed by atoms with Gasteiger partial charge in [0.1, 0.15) is 11.6 Å². The fraction of sp³-hybridized carbons (Fsp3) is 0.353. The Labute approximate surface area is 130 Å². The minimum Gasteiger partial charge on any atom is -0.353 e. The average Bonchev–Trinajstić information content (AvgIpc) is 3.32. The first-order chi connectivity index (χ1) is 10.8. The van der Waals surface area contributed by atoms with E-state index < -0.39 is 0 Å². The Hall–Kier alpha value is -2.43. The highest BCUT2D eigenvalue weighted by Gasteiger charge is 2.30. The van der Waals surface area contributed by atoms with Gasteiger partial charge in [0.05, 0.1) is 0 Å². The zero-order valence-electron chi connectivity index (χ0n) is 12.5. The lowest BCUT2D eigenvalue weighted by Gasteiger charge is -2.10. The smallest absolute Gasteiger partial charge is 0.243 e. The number of rotatable bonds is 7. The quantitative estimate of drug-likeness (QED) is 0.630. The first kappa shape index (κ1) is 14.5. The number of aromatic nitrogens is 3. The highest BCUT2D eigenvalue weighted by molar-refractivity contribution is 5.86. The minimum atomic E-state index is -0.136. The van der Waals surface area contributed by atoms with Gasteiger partial charge >= 0.3 is 0 Å². The van der Waals surface area contributed by atoms with Crippen molar-refractivity contribution in [3.63, 3.8) is 0 Å². The Morgan fingerprint density at radius 1 is 1.32 bits per heavy atom. The van der Waals surface area contributed by atoms with Gasteiger partial charge in [0.25, 0.3) is 0 Å². The Morgan fingerprint density at radius 2 is 2.09 bits per heavy atom. The number of amides is 1. The Morgan fingerprint density at radius 3 is 2.77 bits per heavy atom. The van der Waals surface area contributed by atoms with Crippen LogP contribution in [0.4, 0.5) is 0 Å². The van der Waals surface area contributed by atoms with Crippen LogP contribution in [0, 0.1) is 0 Å². The molecule has 1 fully saturated rings. The van der Waals surface area contributed by atoms with Crippen molar-refractivity contribution in [2.45, 2.75) is 31.6 Å². The molecule has 1 saturated carbocycles. The van der Waals surface area contributed by atoms with Crippen molar-refractivity contribution in [1.29, 1.82) is 0 Å². The molecule has 0 atom stereocenters. The van der Waals surface area contributed by atoms with Crippen molar-refractivity contribution >= 4 is 5.91 Å². The molecule has 114 valence electrons. The summed E-state index contributed by atoms with van der Waals surface area (Å²) in [5.74, 6) is 2.43. The van der Waals surface area contributed by atoms with Crippen LogP contribution in [0.2, 0.25) is 0 Å². The number of nitrogens with zero attached hydrogens (tertiary/aromatic N) is 3. The molecule has 1 aromatic carbocycles. The average molecular weight is 296 g/mol.